The van der Waals surface area contributed by atoms with E-state index in [0.29, 0.717) is 6.54 Å². The summed E-state index contributed by atoms with van der Waals surface area (Å²) < 4.78 is 0. The normalized spacial score (nSPS) is 11.7. The first kappa shape index (κ1) is 18.3. The molecule has 0 unspecified atom stereocenters. The number of nitrogens with zero attached hydrogens (tertiary/aromatic N) is 2. The second-order valence-corrected chi connectivity index (χ2v) is 6.97. The summed E-state index contributed by atoms with van der Waals surface area (Å²) in [5, 5.41) is 6.68. The molecule has 1 heterocycles. The Bertz CT molecular complexity index is 795. The molecule has 0 fully saturated rings. The Kier molecular flexibility index (Phi) is 6.96. The van der Waals surface area contributed by atoms with Crippen LogP contribution in [0.3, 0.4) is 0 Å². The molecule has 5 nitrogen and oxygen atoms in total. The fraction of sp³-hybridized carbons (Fsp3) is 0.300. The van der Waals surface area contributed by atoms with Crippen molar-refractivity contribution in [3.05, 3.63) is 60.4 Å². The van der Waals surface area contributed by atoms with E-state index in [1.807, 2.05) is 42.1 Å². The van der Waals surface area contributed by atoms with Crippen molar-refractivity contribution < 1.29 is 0 Å². The van der Waals surface area contributed by atoms with E-state index in [0.717, 1.165) is 48.1 Å². The molecule has 0 aliphatic heterocycles. The van der Waals surface area contributed by atoms with Gasteiger partial charge in [0.1, 0.15) is 5.82 Å². The zero-order valence-electron chi connectivity index (χ0n) is 15.0. The van der Waals surface area contributed by atoms with Gasteiger partial charge in [0.25, 0.3) is 0 Å². The highest BCUT2D eigenvalue weighted by Crippen LogP contribution is 2.15. The van der Waals surface area contributed by atoms with Gasteiger partial charge < -0.3 is 15.6 Å². The quantitative estimate of drug-likeness (QED) is 0.247. The van der Waals surface area contributed by atoms with Crippen LogP contribution in [0.2, 0.25) is 0 Å². The van der Waals surface area contributed by atoms with Crippen LogP contribution in [0.25, 0.3) is 11.0 Å². The molecule has 0 atom stereocenters. The van der Waals surface area contributed by atoms with Crippen LogP contribution in [0.4, 0.5) is 0 Å². The molecule has 1 aromatic heterocycles. The Hall–Kier alpha value is -2.47. The molecule has 3 N–H and O–H groups in total. The van der Waals surface area contributed by atoms with Crippen molar-refractivity contribution in [2.24, 2.45) is 4.99 Å². The topological polar surface area (TPSA) is 65.1 Å². The maximum absolute atomic E-state index is 4.65. The first-order valence-electron chi connectivity index (χ1n) is 8.99. The second-order valence-electron chi connectivity index (χ2n) is 5.80. The van der Waals surface area contributed by atoms with Gasteiger partial charge in [0.05, 0.1) is 11.0 Å². The molecule has 0 bridgehead atoms. The predicted molar refractivity (Wildman–Crippen MR) is 111 cm³/mol. The minimum absolute atomic E-state index is 0.695. The Balaban J connectivity index is 1.45. The van der Waals surface area contributed by atoms with Gasteiger partial charge >= 0.3 is 0 Å². The van der Waals surface area contributed by atoms with Crippen LogP contribution in [-0.4, -0.2) is 41.3 Å². The van der Waals surface area contributed by atoms with E-state index in [4.69, 9.17) is 0 Å². The maximum Gasteiger partial charge on any atom is 0.191 e. The monoisotopic (exact) mass is 367 g/mol. The lowest BCUT2D eigenvalue weighted by atomic mass is 10.3. The number of aromatic amines is 1. The number of thioether (sulfide) groups is 1. The van der Waals surface area contributed by atoms with Crippen molar-refractivity contribution in [2.45, 2.75) is 18.2 Å². The predicted octanol–water partition coefficient (Wildman–Crippen LogP) is 3.45. The van der Waals surface area contributed by atoms with E-state index < -0.39 is 0 Å². The number of nitrogens with one attached hydrogen (secondary N) is 3. The van der Waals surface area contributed by atoms with Crippen molar-refractivity contribution in [3.8, 4) is 0 Å². The van der Waals surface area contributed by atoms with Gasteiger partial charge in [0.15, 0.2) is 5.96 Å². The smallest absolute Gasteiger partial charge is 0.191 e. The summed E-state index contributed by atoms with van der Waals surface area (Å²) in [5.41, 5.74) is 2.09. The number of aliphatic imine (C=N–C) groups is 1. The summed E-state index contributed by atoms with van der Waals surface area (Å²) in [6.45, 7) is 4.49. The van der Waals surface area contributed by atoms with Crippen LogP contribution < -0.4 is 10.6 Å². The fourth-order valence-electron chi connectivity index (χ4n) is 2.59. The highest BCUT2D eigenvalue weighted by Gasteiger charge is 2.02. The van der Waals surface area contributed by atoms with Crippen molar-refractivity contribution in [1.82, 2.24) is 20.6 Å². The molecule has 3 aromatic rings. The zero-order valence-corrected chi connectivity index (χ0v) is 15.9. The number of imidazole rings is 1. The van der Waals surface area contributed by atoms with E-state index in [1.165, 1.54) is 4.90 Å². The summed E-state index contributed by atoms with van der Waals surface area (Å²) in [6.07, 6.45) is 0.796. The average molecular weight is 368 g/mol. The SMILES string of the molecule is CCNC(=NCCc1nc2ccccc2[nH]1)NCCSc1ccccc1. The number of benzene rings is 2. The van der Waals surface area contributed by atoms with E-state index in [-0.39, 0.29) is 0 Å². The lowest BCUT2D eigenvalue weighted by Gasteiger charge is -2.11. The number of aromatic nitrogens is 2. The van der Waals surface area contributed by atoms with Crippen molar-refractivity contribution in [3.63, 3.8) is 0 Å². The van der Waals surface area contributed by atoms with Crippen LogP contribution in [-0.2, 0) is 6.42 Å². The van der Waals surface area contributed by atoms with Crippen molar-refractivity contribution >= 4 is 28.8 Å². The lowest BCUT2D eigenvalue weighted by Crippen LogP contribution is -2.38. The minimum atomic E-state index is 0.695. The lowest BCUT2D eigenvalue weighted by molar-refractivity contribution is 0.825. The number of para-hydroxylation sites is 2. The highest BCUT2D eigenvalue weighted by molar-refractivity contribution is 7.99. The molecule has 26 heavy (non-hydrogen) atoms. The molecule has 0 aliphatic rings. The number of hydrogen-bond acceptors (Lipinski definition) is 3. The van der Waals surface area contributed by atoms with E-state index >= 15 is 0 Å². The molecule has 6 heteroatoms. The third-order valence-corrected chi connectivity index (χ3v) is 4.82. The van der Waals surface area contributed by atoms with Gasteiger partial charge in [-0.25, -0.2) is 4.98 Å². The number of guanidine groups is 1. The summed E-state index contributed by atoms with van der Waals surface area (Å²) in [7, 11) is 0. The molecule has 3 rings (SSSR count). The van der Waals surface area contributed by atoms with Gasteiger partial charge in [0.2, 0.25) is 0 Å². The van der Waals surface area contributed by atoms with Gasteiger partial charge in [-0.05, 0) is 31.2 Å². The summed E-state index contributed by atoms with van der Waals surface area (Å²) in [5.74, 6) is 2.83. The second kappa shape index (κ2) is 9.87. The Morgan fingerprint density at radius 2 is 1.88 bits per heavy atom. The van der Waals surface area contributed by atoms with Gasteiger partial charge in [-0.3, -0.25) is 4.99 Å². The van der Waals surface area contributed by atoms with Crippen molar-refractivity contribution in [1.29, 1.82) is 0 Å². The third-order valence-electron chi connectivity index (χ3n) is 3.81. The number of fused-ring (bicyclic) bond motifs is 1. The number of H-pyrrole nitrogens is 1. The molecule has 0 radical (unpaired) electrons. The molecule has 0 aliphatic carbocycles. The Labute approximate surface area is 158 Å². The van der Waals surface area contributed by atoms with Crippen LogP contribution in [0.15, 0.2) is 64.5 Å². The van der Waals surface area contributed by atoms with Gasteiger partial charge in [0, 0.05) is 36.7 Å². The van der Waals surface area contributed by atoms with Crippen LogP contribution in [0.5, 0.6) is 0 Å². The summed E-state index contributed by atoms with van der Waals surface area (Å²) in [6, 6.07) is 18.5. The van der Waals surface area contributed by atoms with E-state index in [2.05, 4.69) is 56.8 Å². The maximum atomic E-state index is 4.65. The summed E-state index contributed by atoms with van der Waals surface area (Å²) >= 11 is 1.84. The Morgan fingerprint density at radius 1 is 1.08 bits per heavy atom. The van der Waals surface area contributed by atoms with Crippen LogP contribution >= 0.6 is 11.8 Å². The zero-order chi connectivity index (χ0) is 18.0. The fourth-order valence-corrected chi connectivity index (χ4v) is 3.38. The summed E-state index contributed by atoms with van der Waals surface area (Å²) in [4.78, 5) is 13.9. The van der Waals surface area contributed by atoms with Gasteiger partial charge in [-0.1, -0.05) is 30.3 Å². The Morgan fingerprint density at radius 3 is 2.69 bits per heavy atom. The molecule has 0 spiro atoms. The minimum Gasteiger partial charge on any atom is -0.357 e. The molecular formula is C20H25N5S. The third kappa shape index (κ3) is 5.52. The molecule has 0 saturated carbocycles. The molecular weight excluding hydrogens is 342 g/mol. The first-order valence-corrected chi connectivity index (χ1v) is 9.97. The van der Waals surface area contributed by atoms with Crippen LogP contribution in [0, 0.1) is 0 Å². The molecule has 0 amide bonds. The van der Waals surface area contributed by atoms with E-state index in [9.17, 15) is 0 Å². The van der Waals surface area contributed by atoms with E-state index in [1.54, 1.807) is 0 Å². The number of hydrogen-bond donors (Lipinski definition) is 3. The largest absolute Gasteiger partial charge is 0.357 e. The highest BCUT2D eigenvalue weighted by atomic mass is 32.2. The molecule has 2 aromatic carbocycles. The van der Waals surface area contributed by atoms with Gasteiger partial charge in [-0.15, -0.1) is 11.8 Å². The van der Waals surface area contributed by atoms with Gasteiger partial charge in [-0.2, -0.15) is 0 Å². The standard InChI is InChI=1S/C20H25N5S/c1-2-21-20(23-14-15-26-16-8-4-3-5-9-16)22-13-12-19-24-17-10-6-7-11-18(17)25-19/h3-11H,2,12-15H2,1H3,(H,24,25)(H2,21,22,23). The van der Waals surface area contributed by atoms with Crippen LogP contribution in [0.1, 0.15) is 12.7 Å². The number of rotatable bonds is 8. The first-order chi connectivity index (χ1) is 12.8. The molecule has 0 saturated heterocycles. The van der Waals surface area contributed by atoms with Crippen molar-refractivity contribution in [2.75, 3.05) is 25.4 Å². The average Bonchev–Trinajstić information content (AvgIpc) is 3.09. The molecule has 136 valence electrons.